The molecule has 1 atom stereocenters. The fourth-order valence-corrected chi connectivity index (χ4v) is 2.80. The zero-order valence-electron chi connectivity index (χ0n) is 14.0. The molecular formula is C20H28N2. The lowest BCUT2D eigenvalue weighted by Crippen LogP contribution is -2.09. The third-order valence-electron chi connectivity index (χ3n) is 4.24. The van der Waals surface area contributed by atoms with E-state index in [9.17, 15) is 0 Å². The summed E-state index contributed by atoms with van der Waals surface area (Å²) in [5.41, 5.74) is 10.9. The van der Waals surface area contributed by atoms with Crippen LogP contribution in [0.4, 0.5) is 5.69 Å². The Morgan fingerprint density at radius 2 is 1.64 bits per heavy atom. The Kier molecular flexibility index (Phi) is 6.02. The van der Waals surface area contributed by atoms with E-state index in [1.165, 1.54) is 28.8 Å². The van der Waals surface area contributed by atoms with Gasteiger partial charge >= 0.3 is 0 Å². The Morgan fingerprint density at radius 1 is 0.955 bits per heavy atom. The van der Waals surface area contributed by atoms with Crippen LogP contribution in [-0.4, -0.2) is 20.6 Å². The molecule has 0 heterocycles. The molecule has 1 unspecified atom stereocenters. The molecule has 0 saturated carbocycles. The van der Waals surface area contributed by atoms with Crippen LogP contribution >= 0.6 is 0 Å². The predicted molar refractivity (Wildman–Crippen MR) is 97.4 cm³/mol. The van der Waals surface area contributed by atoms with Gasteiger partial charge in [-0.05, 0) is 48.9 Å². The number of aryl methyl sites for hydroxylation is 1. The van der Waals surface area contributed by atoms with Crippen LogP contribution in [0.2, 0.25) is 0 Å². The molecule has 0 amide bonds. The van der Waals surface area contributed by atoms with Crippen LogP contribution in [-0.2, 0) is 6.42 Å². The van der Waals surface area contributed by atoms with Crippen molar-refractivity contribution in [1.82, 2.24) is 0 Å². The number of nitrogens with two attached hydrogens (primary N) is 1. The topological polar surface area (TPSA) is 29.3 Å². The van der Waals surface area contributed by atoms with Gasteiger partial charge in [0, 0.05) is 25.3 Å². The Bertz CT molecular complexity index is 573. The lowest BCUT2D eigenvalue weighted by molar-refractivity contribution is 0.500. The third kappa shape index (κ3) is 4.35. The molecule has 2 aromatic carbocycles. The Hall–Kier alpha value is -1.80. The highest BCUT2D eigenvalue weighted by molar-refractivity contribution is 5.78. The van der Waals surface area contributed by atoms with E-state index in [1.807, 2.05) is 0 Å². The Morgan fingerprint density at radius 3 is 2.27 bits per heavy atom. The fraction of sp³-hybridized carbons (Fsp3) is 0.400. The molecule has 118 valence electrons. The van der Waals surface area contributed by atoms with Crippen molar-refractivity contribution in [2.45, 2.75) is 26.2 Å². The van der Waals surface area contributed by atoms with Crippen LogP contribution < -0.4 is 10.6 Å². The van der Waals surface area contributed by atoms with Crippen molar-refractivity contribution in [2.75, 3.05) is 25.5 Å². The van der Waals surface area contributed by atoms with Crippen molar-refractivity contribution in [1.29, 1.82) is 0 Å². The van der Waals surface area contributed by atoms with Crippen LogP contribution in [0.25, 0.3) is 11.1 Å². The molecule has 0 aliphatic carbocycles. The van der Waals surface area contributed by atoms with Gasteiger partial charge in [0.05, 0.1) is 0 Å². The van der Waals surface area contributed by atoms with Crippen LogP contribution in [0.1, 0.15) is 25.3 Å². The summed E-state index contributed by atoms with van der Waals surface area (Å²) in [5, 5.41) is 0. The van der Waals surface area contributed by atoms with Gasteiger partial charge < -0.3 is 10.6 Å². The standard InChI is InChI=1S/C20H28N2/c1-16(14-15-21)8-9-17-10-12-18(13-11-17)19-6-4-5-7-20(19)22(2)3/h4-7,10-13,16H,8-9,14-15,21H2,1-3H3. The van der Waals surface area contributed by atoms with Crippen molar-refractivity contribution >= 4 is 5.69 Å². The highest BCUT2D eigenvalue weighted by Gasteiger charge is 2.07. The van der Waals surface area contributed by atoms with Crippen molar-refractivity contribution in [3.8, 4) is 11.1 Å². The molecule has 2 heteroatoms. The highest BCUT2D eigenvalue weighted by Crippen LogP contribution is 2.29. The van der Waals surface area contributed by atoms with Crippen molar-refractivity contribution in [3.05, 3.63) is 54.1 Å². The van der Waals surface area contributed by atoms with Crippen LogP contribution in [0.3, 0.4) is 0 Å². The van der Waals surface area contributed by atoms with Gasteiger partial charge in [0.1, 0.15) is 0 Å². The summed E-state index contributed by atoms with van der Waals surface area (Å²) in [4.78, 5) is 2.16. The number of hydrogen-bond acceptors (Lipinski definition) is 2. The zero-order valence-corrected chi connectivity index (χ0v) is 14.0. The maximum Gasteiger partial charge on any atom is 0.0440 e. The minimum Gasteiger partial charge on any atom is -0.377 e. The minimum atomic E-state index is 0.708. The van der Waals surface area contributed by atoms with Crippen LogP contribution in [0.5, 0.6) is 0 Å². The van der Waals surface area contributed by atoms with E-state index in [-0.39, 0.29) is 0 Å². The number of para-hydroxylation sites is 1. The molecule has 22 heavy (non-hydrogen) atoms. The maximum atomic E-state index is 5.62. The first-order valence-electron chi connectivity index (χ1n) is 8.17. The van der Waals surface area contributed by atoms with Gasteiger partial charge in [-0.1, -0.05) is 49.4 Å². The molecule has 0 bridgehead atoms. The van der Waals surface area contributed by atoms with E-state index < -0.39 is 0 Å². The summed E-state index contributed by atoms with van der Waals surface area (Å²) < 4.78 is 0. The second-order valence-corrected chi connectivity index (χ2v) is 6.33. The third-order valence-corrected chi connectivity index (χ3v) is 4.24. The van der Waals surface area contributed by atoms with E-state index in [2.05, 4.69) is 74.4 Å². The molecule has 0 aliphatic rings. The molecule has 0 spiro atoms. The molecule has 2 aromatic rings. The quantitative estimate of drug-likeness (QED) is 0.823. The number of hydrogen-bond donors (Lipinski definition) is 1. The number of benzene rings is 2. The monoisotopic (exact) mass is 296 g/mol. The Balaban J connectivity index is 2.09. The van der Waals surface area contributed by atoms with Gasteiger partial charge in [0.25, 0.3) is 0 Å². The van der Waals surface area contributed by atoms with E-state index in [0.717, 1.165) is 19.4 Å². The zero-order chi connectivity index (χ0) is 15.9. The van der Waals surface area contributed by atoms with Gasteiger partial charge in [0.2, 0.25) is 0 Å². The summed E-state index contributed by atoms with van der Waals surface area (Å²) in [6.45, 7) is 3.08. The van der Waals surface area contributed by atoms with Gasteiger partial charge in [-0.2, -0.15) is 0 Å². The molecule has 0 radical (unpaired) electrons. The van der Waals surface area contributed by atoms with Gasteiger partial charge in [-0.15, -0.1) is 0 Å². The van der Waals surface area contributed by atoms with E-state index >= 15 is 0 Å². The lowest BCUT2D eigenvalue weighted by atomic mass is 9.96. The first-order chi connectivity index (χ1) is 10.6. The summed E-state index contributed by atoms with van der Waals surface area (Å²) in [6, 6.07) is 17.5. The molecule has 2 rings (SSSR count). The number of nitrogens with zero attached hydrogens (tertiary/aromatic N) is 1. The summed E-state index contributed by atoms with van der Waals surface area (Å²) in [5.74, 6) is 0.708. The average molecular weight is 296 g/mol. The molecular weight excluding hydrogens is 268 g/mol. The largest absolute Gasteiger partial charge is 0.377 e. The molecule has 0 aliphatic heterocycles. The van der Waals surface area contributed by atoms with Crippen molar-refractivity contribution in [3.63, 3.8) is 0 Å². The van der Waals surface area contributed by atoms with Gasteiger partial charge in [-0.3, -0.25) is 0 Å². The SMILES string of the molecule is CC(CCN)CCc1ccc(-c2ccccc2N(C)C)cc1. The second kappa shape index (κ2) is 8.00. The smallest absolute Gasteiger partial charge is 0.0440 e. The lowest BCUT2D eigenvalue weighted by Gasteiger charge is -2.17. The fourth-order valence-electron chi connectivity index (χ4n) is 2.80. The Labute approximate surface area is 135 Å². The normalized spacial score (nSPS) is 12.2. The average Bonchev–Trinajstić information content (AvgIpc) is 2.54. The first-order valence-corrected chi connectivity index (χ1v) is 8.17. The van der Waals surface area contributed by atoms with Crippen molar-refractivity contribution < 1.29 is 0 Å². The molecule has 0 fully saturated rings. The van der Waals surface area contributed by atoms with E-state index in [4.69, 9.17) is 5.73 Å². The van der Waals surface area contributed by atoms with Crippen LogP contribution in [0.15, 0.2) is 48.5 Å². The maximum absolute atomic E-state index is 5.62. The summed E-state index contributed by atoms with van der Waals surface area (Å²) >= 11 is 0. The number of anilines is 1. The molecule has 0 saturated heterocycles. The van der Waals surface area contributed by atoms with Crippen LogP contribution in [0, 0.1) is 5.92 Å². The van der Waals surface area contributed by atoms with Crippen molar-refractivity contribution in [2.24, 2.45) is 11.7 Å². The molecule has 2 N–H and O–H groups in total. The minimum absolute atomic E-state index is 0.708. The molecule has 0 aromatic heterocycles. The highest BCUT2D eigenvalue weighted by atomic mass is 15.1. The van der Waals surface area contributed by atoms with Gasteiger partial charge in [0.15, 0.2) is 0 Å². The number of rotatable bonds is 7. The predicted octanol–water partition coefficient (Wildman–Crippen LogP) is 4.34. The second-order valence-electron chi connectivity index (χ2n) is 6.33. The molecule has 2 nitrogen and oxygen atoms in total. The summed E-state index contributed by atoms with van der Waals surface area (Å²) in [7, 11) is 4.18. The van der Waals surface area contributed by atoms with E-state index in [1.54, 1.807) is 0 Å². The summed E-state index contributed by atoms with van der Waals surface area (Å²) in [6.07, 6.45) is 3.47. The van der Waals surface area contributed by atoms with E-state index in [0.29, 0.717) is 5.92 Å². The van der Waals surface area contributed by atoms with Gasteiger partial charge in [-0.25, -0.2) is 0 Å². The first kappa shape index (κ1) is 16.6.